The zero-order valence-corrected chi connectivity index (χ0v) is 22.0. The zero-order valence-electron chi connectivity index (χ0n) is 22.0. The molecule has 7 rings (SSSR count). The van der Waals surface area contributed by atoms with Crippen molar-refractivity contribution in [1.29, 1.82) is 10.5 Å². The van der Waals surface area contributed by atoms with Gasteiger partial charge in [0.1, 0.15) is 0 Å². The lowest BCUT2D eigenvalue weighted by molar-refractivity contribution is 1.16. The summed E-state index contributed by atoms with van der Waals surface area (Å²) in [6, 6.07) is 49.1. The van der Waals surface area contributed by atoms with Gasteiger partial charge in [0.2, 0.25) is 0 Å². The zero-order chi connectivity index (χ0) is 27.8. The predicted octanol–water partition coefficient (Wildman–Crippen LogP) is 8.92. The SMILES string of the molecule is N#Cc1cccc(C#N)c1-c1ccc2c3ccccc3n(-c3cc(-c4ccccc4)nc(-c4ccccc4)c3)c2c1. The van der Waals surface area contributed by atoms with Crippen molar-refractivity contribution in [1.82, 2.24) is 9.55 Å². The molecule has 0 saturated carbocycles. The van der Waals surface area contributed by atoms with Gasteiger partial charge in [0, 0.05) is 27.5 Å². The molecule has 0 amide bonds. The van der Waals surface area contributed by atoms with Gasteiger partial charge < -0.3 is 4.57 Å². The Balaban J connectivity index is 1.56. The molecule has 0 fully saturated rings. The maximum Gasteiger partial charge on any atom is 0.0998 e. The molecular weight excluding hydrogens is 500 g/mol. The summed E-state index contributed by atoms with van der Waals surface area (Å²) in [6.45, 7) is 0. The van der Waals surface area contributed by atoms with Gasteiger partial charge in [-0.3, -0.25) is 0 Å². The van der Waals surface area contributed by atoms with Crippen LogP contribution in [0.5, 0.6) is 0 Å². The number of aromatic nitrogens is 2. The minimum atomic E-state index is 0.479. The van der Waals surface area contributed by atoms with E-state index in [2.05, 4.69) is 89.5 Å². The third-order valence-electron chi connectivity index (χ3n) is 7.48. The quantitative estimate of drug-likeness (QED) is 0.232. The van der Waals surface area contributed by atoms with E-state index in [1.54, 1.807) is 18.2 Å². The van der Waals surface area contributed by atoms with Gasteiger partial charge in [0.25, 0.3) is 0 Å². The Hall–Kier alpha value is -5.97. The van der Waals surface area contributed by atoms with Crippen molar-refractivity contribution in [3.63, 3.8) is 0 Å². The fourth-order valence-corrected chi connectivity index (χ4v) is 5.61. The summed E-state index contributed by atoms with van der Waals surface area (Å²) in [5.74, 6) is 0. The van der Waals surface area contributed by atoms with Crippen LogP contribution < -0.4 is 0 Å². The topological polar surface area (TPSA) is 65.4 Å². The molecule has 0 aliphatic carbocycles. The van der Waals surface area contributed by atoms with E-state index < -0.39 is 0 Å². The van der Waals surface area contributed by atoms with Crippen LogP contribution >= 0.6 is 0 Å². The molecule has 0 aliphatic heterocycles. The van der Waals surface area contributed by atoms with Crippen LogP contribution in [0.15, 0.2) is 133 Å². The molecular formula is C37H22N4. The Morgan fingerprint density at radius 2 is 1.05 bits per heavy atom. The molecule has 0 aliphatic rings. The summed E-state index contributed by atoms with van der Waals surface area (Å²) in [4.78, 5) is 5.07. The maximum atomic E-state index is 9.87. The summed E-state index contributed by atoms with van der Waals surface area (Å²) in [5, 5.41) is 22.0. The van der Waals surface area contributed by atoms with Crippen molar-refractivity contribution in [2.45, 2.75) is 0 Å². The van der Waals surface area contributed by atoms with Gasteiger partial charge in [-0.1, -0.05) is 97.1 Å². The van der Waals surface area contributed by atoms with Gasteiger partial charge in [-0.15, -0.1) is 0 Å². The van der Waals surface area contributed by atoms with Crippen molar-refractivity contribution in [2.24, 2.45) is 0 Å². The average Bonchev–Trinajstić information content (AvgIpc) is 3.38. The summed E-state index contributed by atoms with van der Waals surface area (Å²) >= 11 is 0. The van der Waals surface area contributed by atoms with Crippen LogP contribution in [0.3, 0.4) is 0 Å². The highest BCUT2D eigenvalue weighted by Gasteiger charge is 2.18. The van der Waals surface area contributed by atoms with E-state index in [1.807, 2.05) is 42.5 Å². The number of hydrogen-bond acceptors (Lipinski definition) is 3. The first-order chi connectivity index (χ1) is 20.2. The largest absolute Gasteiger partial charge is 0.309 e. The van der Waals surface area contributed by atoms with E-state index in [1.165, 1.54) is 0 Å². The first kappa shape index (κ1) is 24.1. The van der Waals surface area contributed by atoms with Gasteiger partial charge in [0.15, 0.2) is 0 Å². The minimum absolute atomic E-state index is 0.479. The molecule has 7 aromatic rings. The van der Waals surface area contributed by atoms with E-state index in [4.69, 9.17) is 4.98 Å². The van der Waals surface area contributed by atoms with Gasteiger partial charge in [-0.05, 0) is 42.0 Å². The molecule has 0 atom stereocenters. The fourth-order valence-electron chi connectivity index (χ4n) is 5.61. The Bertz CT molecular complexity index is 2070. The fraction of sp³-hybridized carbons (Fsp3) is 0. The monoisotopic (exact) mass is 522 g/mol. The third-order valence-corrected chi connectivity index (χ3v) is 7.48. The van der Waals surface area contributed by atoms with Gasteiger partial charge in [0.05, 0.1) is 51.4 Å². The first-order valence-electron chi connectivity index (χ1n) is 13.4. The summed E-state index contributed by atoms with van der Waals surface area (Å²) in [7, 11) is 0. The van der Waals surface area contributed by atoms with Crippen molar-refractivity contribution in [3.8, 4) is 51.5 Å². The van der Waals surface area contributed by atoms with Crippen molar-refractivity contribution in [3.05, 3.63) is 145 Å². The average molecular weight is 523 g/mol. The molecule has 0 saturated heterocycles. The second-order valence-corrected chi connectivity index (χ2v) is 9.86. The number of para-hydroxylation sites is 1. The molecule has 0 bridgehead atoms. The van der Waals surface area contributed by atoms with E-state index in [0.29, 0.717) is 16.7 Å². The molecule has 0 spiro atoms. The molecule has 4 heteroatoms. The van der Waals surface area contributed by atoms with E-state index >= 15 is 0 Å². The Kier molecular flexibility index (Phi) is 5.86. The first-order valence-corrected chi connectivity index (χ1v) is 13.4. The molecule has 0 radical (unpaired) electrons. The van der Waals surface area contributed by atoms with Crippen LogP contribution in [0.25, 0.3) is 61.1 Å². The van der Waals surface area contributed by atoms with Gasteiger partial charge in [-0.25, -0.2) is 4.98 Å². The maximum absolute atomic E-state index is 9.87. The standard InChI is InChI=1S/C37H22N4/c38-23-28-14-9-15-29(24-39)37(28)27-18-19-32-31-16-7-8-17-35(31)41(36(32)20-27)30-21-33(25-10-3-1-4-11-25)40-34(22-30)26-12-5-2-6-13-26/h1-22H. The number of pyridine rings is 1. The van der Waals surface area contributed by atoms with Crippen LogP contribution in [0.2, 0.25) is 0 Å². The van der Waals surface area contributed by atoms with E-state index in [0.717, 1.165) is 55.6 Å². The second kappa shape index (κ2) is 9.97. The smallest absolute Gasteiger partial charge is 0.0998 e. The van der Waals surface area contributed by atoms with Crippen LogP contribution in [0, 0.1) is 22.7 Å². The van der Waals surface area contributed by atoms with E-state index in [-0.39, 0.29) is 0 Å². The van der Waals surface area contributed by atoms with Gasteiger partial charge >= 0.3 is 0 Å². The molecule has 4 nitrogen and oxygen atoms in total. The van der Waals surface area contributed by atoms with E-state index in [9.17, 15) is 10.5 Å². The number of hydrogen-bond donors (Lipinski definition) is 0. The molecule has 2 aromatic heterocycles. The molecule has 190 valence electrons. The second-order valence-electron chi connectivity index (χ2n) is 9.86. The Morgan fingerprint density at radius 3 is 1.66 bits per heavy atom. The number of nitriles is 2. The molecule has 2 heterocycles. The van der Waals surface area contributed by atoms with Crippen LogP contribution in [0.4, 0.5) is 0 Å². The van der Waals surface area contributed by atoms with Crippen molar-refractivity contribution < 1.29 is 0 Å². The summed E-state index contributed by atoms with van der Waals surface area (Å²) < 4.78 is 2.26. The summed E-state index contributed by atoms with van der Waals surface area (Å²) in [6.07, 6.45) is 0. The van der Waals surface area contributed by atoms with Gasteiger partial charge in [-0.2, -0.15) is 10.5 Å². The van der Waals surface area contributed by atoms with Crippen LogP contribution in [-0.4, -0.2) is 9.55 Å². The molecule has 0 N–H and O–H groups in total. The van der Waals surface area contributed by atoms with Crippen molar-refractivity contribution in [2.75, 3.05) is 0 Å². The third kappa shape index (κ3) is 4.12. The predicted molar refractivity (Wildman–Crippen MR) is 164 cm³/mol. The number of fused-ring (bicyclic) bond motifs is 3. The lowest BCUT2D eigenvalue weighted by atomic mass is 9.94. The van der Waals surface area contributed by atoms with Crippen LogP contribution in [-0.2, 0) is 0 Å². The molecule has 5 aromatic carbocycles. The lowest BCUT2D eigenvalue weighted by Gasteiger charge is -2.14. The number of nitrogens with zero attached hydrogens (tertiary/aromatic N) is 4. The number of benzene rings is 5. The highest BCUT2D eigenvalue weighted by atomic mass is 15.0. The highest BCUT2D eigenvalue weighted by molar-refractivity contribution is 6.10. The molecule has 0 unspecified atom stereocenters. The number of rotatable bonds is 4. The normalized spacial score (nSPS) is 10.9. The Labute approximate surface area is 237 Å². The minimum Gasteiger partial charge on any atom is -0.309 e. The summed E-state index contributed by atoms with van der Waals surface area (Å²) in [5.41, 5.74) is 9.32. The Morgan fingerprint density at radius 1 is 0.488 bits per heavy atom. The lowest BCUT2D eigenvalue weighted by Crippen LogP contribution is -1.98. The van der Waals surface area contributed by atoms with Crippen molar-refractivity contribution >= 4 is 21.8 Å². The molecule has 41 heavy (non-hydrogen) atoms. The van der Waals surface area contributed by atoms with Crippen LogP contribution in [0.1, 0.15) is 11.1 Å². The highest BCUT2D eigenvalue weighted by Crippen LogP contribution is 2.38.